The van der Waals surface area contributed by atoms with Gasteiger partial charge in [-0.05, 0) is 24.5 Å². The van der Waals surface area contributed by atoms with Crippen molar-refractivity contribution in [2.75, 3.05) is 0 Å². The molecule has 0 heterocycles. The van der Waals surface area contributed by atoms with Crippen LogP contribution in [0, 0.1) is 5.92 Å². The summed E-state index contributed by atoms with van der Waals surface area (Å²) >= 11 is 0. The van der Waals surface area contributed by atoms with Gasteiger partial charge in [-0.15, -0.1) is 0 Å². The summed E-state index contributed by atoms with van der Waals surface area (Å²) in [5, 5.41) is 0. The summed E-state index contributed by atoms with van der Waals surface area (Å²) in [6.07, 6.45) is 0.387. The third kappa shape index (κ3) is 2.02. The van der Waals surface area contributed by atoms with Gasteiger partial charge in [-0.2, -0.15) is 0 Å². The maximum Gasteiger partial charge on any atom is 0.191 e. The van der Waals surface area contributed by atoms with Crippen LogP contribution in [0.3, 0.4) is 0 Å². The Morgan fingerprint density at radius 1 is 1.00 bits per heavy atom. The minimum atomic E-state index is -3.67. The van der Waals surface area contributed by atoms with Gasteiger partial charge >= 0.3 is 0 Å². The largest absolute Gasteiger partial charge is 0.292 e. The monoisotopic (exact) mass is 300 g/mol. The maximum absolute atomic E-state index is 12.9. The second-order valence-corrected chi connectivity index (χ2v) is 7.71. The fourth-order valence-electron chi connectivity index (χ4n) is 2.85. The molecule has 0 aliphatic heterocycles. The fourth-order valence-corrected chi connectivity index (χ4v) is 5.15. The van der Waals surface area contributed by atoms with Gasteiger partial charge in [0.05, 0.1) is 4.90 Å². The maximum atomic E-state index is 12.9. The zero-order valence-corrected chi connectivity index (χ0v) is 12.5. The van der Waals surface area contributed by atoms with Crippen molar-refractivity contribution in [1.82, 2.24) is 0 Å². The molecule has 0 N–H and O–H groups in total. The molecule has 2 aromatic carbocycles. The zero-order valence-electron chi connectivity index (χ0n) is 11.7. The summed E-state index contributed by atoms with van der Waals surface area (Å²) in [6, 6.07) is 16.9. The van der Waals surface area contributed by atoms with Crippen LogP contribution in [-0.2, 0) is 9.84 Å². The van der Waals surface area contributed by atoms with Crippen LogP contribution in [-0.4, -0.2) is 18.9 Å². The van der Waals surface area contributed by atoms with Crippen molar-refractivity contribution in [1.29, 1.82) is 0 Å². The minimum absolute atomic E-state index is 0.157. The van der Waals surface area contributed by atoms with Gasteiger partial charge in [0.1, 0.15) is 4.75 Å². The highest BCUT2D eigenvalue weighted by atomic mass is 32.2. The van der Waals surface area contributed by atoms with E-state index in [9.17, 15) is 13.2 Å². The predicted molar refractivity (Wildman–Crippen MR) is 80.9 cm³/mol. The van der Waals surface area contributed by atoms with Gasteiger partial charge in [-0.1, -0.05) is 55.5 Å². The molecule has 4 heteroatoms. The number of Topliss-reactive ketones (excluding diaryl/α,β-unsaturated/α-hetero) is 1. The van der Waals surface area contributed by atoms with Crippen molar-refractivity contribution in [2.45, 2.75) is 23.0 Å². The van der Waals surface area contributed by atoms with Gasteiger partial charge in [0.25, 0.3) is 0 Å². The Bertz CT molecular complexity index is 766. The first-order valence-electron chi connectivity index (χ1n) is 6.89. The number of sulfone groups is 1. The lowest BCUT2D eigenvalue weighted by molar-refractivity contribution is 0.0973. The summed E-state index contributed by atoms with van der Waals surface area (Å²) in [5.41, 5.74) is 0.460. The summed E-state index contributed by atoms with van der Waals surface area (Å²) in [7, 11) is -3.67. The van der Waals surface area contributed by atoms with Gasteiger partial charge < -0.3 is 0 Å². The Labute approximate surface area is 124 Å². The molecule has 1 aliphatic carbocycles. The van der Waals surface area contributed by atoms with Crippen LogP contribution in [0.2, 0.25) is 0 Å². The zero-order chi connectivity index (χ0) is 15.1. The van der Waals surface area contributed by atoms with E-state index in [0.717, 1.165) is 0 Å². The number of carbonyl (C=O) groups is 1. The van der Waals surface area contributed by atoms with Gasteiger partial charge in [-0.25, -0.2) is 8.42 Å². The van der Waals surface area contributed by atoms with Crippen molar-refractivity contribution in [2.24, 2.45) is 5.92 Å². The van der Waals surface area contributed by atoms with Gasteiger partial charge in [0.15, 0.2) is 15.6 Å². The number of ketones is 1. The Kier molecular flexibility index (Phi) is 3.21. The number of carbonyl (C=O) groups excluding carboxylic acids is 1. The molecule has 1 fully saturated rings. The molecule has 1 saturated carbocycles. The SMILES string of the molecule is C[C@@H]1C[C@@]1(C(=O)c1ccccc1)S(=O)(=O)c1ccccc1. The molecule has 108 valence electrons. The molecule has 0 aromatic heterocycles. The van der Waals surface area contributed by atoms with Crippen LogP contribution in [0.1, 0.15) is 23.7 Å². The van der Waals surface area contributed by atoms with Crippen LogP contribution in [0.15, 0.2) is 65.6 Å². The average Bonchev–Trinajstić information content (AvgIpc) is 3.21. The van der Waals surface area contributed by atoms with E-state index in [4.69, 9.17) is 0 Å². The molecule has 0 saturated heterocycles. The third-order valence-electron chi connectivity index (χ3n) is 4.20. The van der Waals surface area contributed by atoms with Crippen LogP contribution in [0.4, 0.5) is 0 Å². The molecule has 0 bridgehead atoms. The highest BCUT2D eigenvalue weighted by molar-refractivity contribution is 7.94. The molecule has 21 heavy (non-hydrogen) atoms. The van der Waals surface area contributed by atoms with E-state index >= 15 is 0 Å². The van der Waals surface area contributed by atoms with Crippen molar-refractivity contribution >= 4 is 15.6 Å². The quantitative estimate of drug-likeness (QED) is 0.815. The van der Waals surface area contributed by atoms with E-state index in [1.165, 1.54) is 0 Å². The first-order chi connectivity index (χ1) is 10.00. The molecular formula is C17H16O3S. The van der Waals surface area contributed by atoms with E-state index in [2.05, 4.69) is 0 Å². The molecule has 2 aromatic rings. The lowest BCUT2D eigenvalue weighted by Gasteiger charge is -2.16. The normalized spacial score (nSPS) is 24.5. The molecule has 0 amide bonds. The molecule has 0 radical (unpaired) electrons. The summed E-state index contributed by atoms with van der Waals surface area (Å²) in [6.45, 7) is 1.82. The number of hydrogen-bond acceptors (Lipinski definition) is 3. The number of benzene rings is 2. The summed E-state index contributed by atoms with van der Waals surface area (Å²) < 4.78 is 24.5. The number of hydrogen-bond donors (Lipinski definition) is 0. The topological polar surface area (TPSA) is 51.2 Å². The smallest absolute Gasteiger partial charge is 0.191 e. The van der Waals surface area contributed by atoms with Crippen molar-refractivity contribution in [3.8, 4) is 0 Å². The van der Waals surface area contributed by atoms with Crippen LogP contribution >= 0.6 is 0 Å². The van der Waals surface area contributed by atoms with E-state index < -0.39 is 14.6 Å². The standard InChI is InChI=1S/C17H16O3S/c1-13-12-17(13,16(18)14-8-4-2-5-9-14)21(19,20)15-10-6-3-7-11-15/h2-11,13H,12H2,1H3/t13-,17-/m1/s1. The molecule has 0 unspecified atom stereocenters. The lowest BCUT2D eigenvalue weighted by atomic mass is 10.1. The van der Waals surface area contributed by atoms with E-state index in [-0.39, 0.29) is 16.6 Å². The first kappa shape index (κ1) is 14.0. The highest BCUT2D eigenvalue weighted by Crippen LogP contribution is 2.54. The van der Waals surface area contributed by atoms with Gasteiger partial charge in [0.2, 0.25) is 0 Å². The summed E-state index contributed by atoms with van der Waals surface area (Å²) in [5.74, 6) is -0.449. The van der Waals surface area contributed by atoms with Gasteiger partial charge in [0, 0.05) is 5.56 Å². The van der Waals surface area contributed by atoms with Crippen molar-refractivity contribution in [3.05, 3.63) is 66.2 Å². The first-order valence-corrected chi connectivity index (χ1v) is 8.38. The van der Waals surface area contributed by atoms with E-state index in [1.54, 1.807) is 54.6 Å². The second-order valence-electron chi connectivity index (χ2n) is 5.51. The highest BCUT2D eigenvalue weighted by Gasteiger charge is 2.66. The van der Waals surface area contributed by atoms with Crippen molar-refractivity contribution < 1.29 is 13.2 Å². The molecule has 2 atom stereocenters. The van der Waals surface area contributed by atoms with E-state index in [1.807, 2.05) is 13.0 Å². The Morgan fingerprint density at radius 2 is 1.48 bits per heavy atom. The Morgan fingerprint density at radius 3 is 1.95 bits per heavy atom. The minimum Gasteiger partial charge on any atom is -0.292 e. The van der Waals surface area contributed by atoms with Gasteiger partial charge in [-0.3, -0.25) is 4.79 Å². The summed E-state index contributed by atoms with van der Waals surface area (Å²) in [4.78, 5) is 13.0. The molecule has 1 aliphatic rings. The molecule has 3 nitrogen and oxygen atoms in total. The third-order valence-corrected chi connectivity index (χ3v) is 6.80. The average molecular weight is 300 g/mol. The van der Waals surface area contributed by atoms with Crippen LogP contribution in [0.25, 0.3) is 0 Å². The lowest BCUT2D eigenvalue weighted by Crippen LogP contribution is -2.34. The molecule has 0 spiro atoms. The van der Waals surface area contributed by atoms with Crippen LogP contribution < -0.4 is 0 Å². The molecule has 3 rings (SSSR count). The fraction of sp³-hybridized carbons (Fsp3) is 0.235. The Hall–Kier alpha value is -1.94. The molecular weight excluding hydrogens is 284 g/mol. The van der Waals surface area contributed by atoms with E-state index in [0.29, 0.717) is 12.0 Å². The predicted octanol–water partition coefficient (Wildman–Crippen LogP) is 3.12. The number of rotatable bonds is 4. The van der Waals surface area contributed by atoms with Crippen molar-refractivity contribution in [3.63, 3.8) is 0 Å². The Balaban J connectivity index is 2.09. The van der Waals surface area contributed by atoms with Crippen LogP contribution in [0.5, 0.6) is 0 Å². The second kappa shape index (κ2) is 4.81.